The monoisotopic (exact) mass is 406 g/mol. The summed E-state index contributed by atoms with van der Waals surface area (Å²) in [5, 5.41) is 4.49. The fourth-order valence-electron chi connectivity index (χ4n) is 4.25. The van der Waals surface area contributed by atoms with Gasteiger partial charge in [0, 0.05) is 57.4 Å². The van der Waals surface area contributed by atoms with Gasteiger partial charge in [0.25, 0.3) is 0 Å². The summed E-state index contributed by atoms with van der Waals surface area (Å²) in [6, 6.07) is 0. The number of piperidine rings is 1. The minimum atomic E-state index is 0.286. The molecule has 0 saturated carbocycles. The molecule has 3 rings (SSSR count). The zero-order valence-corrected chi connectivity index (χ0v) is 18.5. The van der Waals surface area contributed by atoms with E-state index in [4.69, 9.17) is 0 Å². The maximum absolute atomic E-state index is 12.7. The SMILES string of the molecule is CN=C(NCc1ncc(C)s1)N1CCN(CC(=O)N2CC(C)CC(C)C2)CC1. The van der Waals surface area contributed by atoms with Crippen LogP contribution in [0.5, 0.6) is 0 Å². The van der Waals surface area contributed by atoms with Gasteiger partial charge in [-0.1, -0.05) is 13.8 Å². The Kier molecular flexibility index (Phi) is 7.29. The number of aliphatic imine (C=N–C) groups is 1. The molecule has 0 aliphatic carbocycles. The van der Waals surface area contributed by atoms with E-state index in [0.717, 1.165) is 50.2 Å². The second kappa shape index (κ2) is 9.69. The smallest absolute Gasteiger partial charge is 0.236 e. The molecule has 28 heavy (non-hydrogen) atoms. The molecular formula is C20H34N6OS. The molecule has 1 aromatic rings. The number of carbonyl (C=O) groups is 1. The lowest BCUT2D eigenvalue weighted by atomic mass is 9.92. The predicted molar refractivity (Wildman–Crippen MR) is 115 cm³/mol. The van der Waals surface area contributed by atoms with Crippen LogP contribution in [-0.2, 0) is 11.3 Å². The quantitative estimate of drug-likeness (QED) is 0.608. The van der Waals surface area contributed by atoms with E-state index >= 15 is 0 Å². The Morgan fingerprint density at radius 3 is 2.46 bits per heavy atom. The van der Waals surface area contributed by atoms with Gasteiger partial charge in [0.2, 0.25) is 5.91 Å². The summed E-state index contributed by atoms with van der Waals surface area (Å²) < 4.78 is 0. The maximum atomic E-state index is 12.7. The molecule has 1 amide bonds. The van der Waals surface area contributed by atoms with Gasteiger partial charge in [-0.25, -0.2) is 4.98 Å². The van der Waals surface area contributed by atoms with Crippen molar-refractivity contribution in [1.82, 2.24) is 25.0 Å². The summed E-state index contributed by atoms with van der Waals surface area (Å²) in [6.07, 6.45) is 3.14. The van der Waals surface area contributed by atoms with Gasteiger partial charge in [-0.3, -0.25) is 14.7 Å². The Balaban J connectivity index is 1.43. The lowest BCUT2D eigenvalue weighted by Crippen LogP contribution is -2.55. The molecule has 0 radical (unpaired) electrons. The van der Waals surface area contributed by atoms with E-state index in [0.29, 0.717) is 24.9 Å². The third kappa shape index (κ3) is 5.67. The highest BCUT2D eigenvalue weighted by Gasteiger charge is 2.28. The summed E-state index contributed by atoms with van der Waals surface area (Å²) in [7, 11) is 1.82. The fourth-order valence-corrected chi connectivity index (χ4v) is 4.97. The van der Waals surface area contributed by atoms with E-state index < -0.39 is 0 Å². The Morgan fingerprint density at radius 1 is 1.21 bits per heavy atom. The molecule has 156 valence electrons. The molecule has 2 aliphatic rings. The Labute approximate surface area is 172 Å². The molecule has 7 nitrogen and oxygen atoms in total. The van der Waals surface area contributed by atoms with Crippen LogP contribution in [0.2, 0.25) is 0 Å². The number of nitrogens with zero attached hydrogens (tertiary/aromatic N) is 5. The number of amides is 1. The molecule has 2 atom stereocenters. The van der Waals surface area contributed by atoms with Crippen molar-refractivity contribution in [1.29, 1.82) is 0 Å². The van der Waals surface area contributed by atoms with Gasteiger partial charge in [0.1, 0.15) is 5.01 Å². The van der Waals surface area contributed by atoms with Gasteiger partial charge < -0.3 is 15.1 Å². The first kappa shape index (κ1) is 21.0. The van der Waals surface area contributed by atoms with Crippen molar-refractivity contribution in [2.45, 2.75) is 33.7 Å². The normalized spacial score (nSPS) is 24.5. The van der Waals surface area contributed by atoms with Crippen LogP contribution in [0.1, 0.15) is 30.2 Å². The van der Waals surface area contributed by atoms with E-state index in [1.165, 1.54) is 11.3 Å². The number of rotatable bonds is 4. The first-order valence-corrected chi connectivity index (χ1v) is 11.1. The zero-order valence-electron chi connectivity index (χ0n) is 17.6. The molecule has 0 aromatic carbocycles. The molecule has 8 heteroatoms. The number of aryl methyl sites for hydroxylation is 1. The Hall–Kier alpha value is -1.67. The molecule has 2 unspecified atom stereocenters. The first-order valence-electron chi connectivity index (χ1n) is 10.3. The lowest BCUT2D eigenvalue weighted by molar-refractivity contribution is -0.135. The number of hydrogen-bond donors (Lipinski definition) is 1. The number of carbonyl (C=O) groups excluding carboxylic acids is 1. The number of piperazine rings is 1. The summed E-state index contributed by atoms with van der Waals surface area (Å²) in [4.78, 5) is 29.4. The highest BCUT2D eigenvalue weighted by atomic mass is 32.1. The Morgan fingerprint density at radius 2 is 1.89 bits per heavy atom. The lowest BCUT2D eigenvalue weighted by Gasteiger charge is -2.39. The third-order valence-corrected chi connectivity index (χ3v) is 6.44. The van der Waals surface area contributed by atoms with E-state index in [2.05, 4.69) is 50.8 Å². The third-order valence-electron chi connectivity index (χ3n) is 5.53. The van der Waals surface area contributed by atoms with Crippen molar-refractivity contribution in [3.63, 3.8) is 0 Å². The fraction of sp³-hybridized carbons (Fsp3) is 0.750. The van der Waals surface area contributed by atoms with Gasteiger partial charge in [0.05, 0.1) is 13.1 Å². The van der Waals surface area contributed by atoms with Crippen LogP contribution in [0.25, 0.3) is 0 Å². The van der Waals surface area contributed by atoms with E-state index in [-0.39, 0.29) is 5.91 Å². The van der Waals surface area contributed by atoms with Gasteiger partial charge >= 0.3 is 0 Å². The van der Waals surface area contributed by atoms with Crippen molar-refractivity contribution >= 4 is 23.2 Å². The summed E-state index contributed by atoms with van der Waals surface area (Å²) in [5.74, 6) is 2.42. The van der Waals surface area contributed by atoms with Crippen LogP contribution in [0, 0.1) is 18.8 Å². The predicted octanol–water partition coefficient (Wildman–Crippen LogP) is 1.65. The van der Waals surface area contributed by atoms with Crippen LogP contribution in [-0.4, -0.2) is 84.4 Å². The number of thiazole rings is 1. The van der Waals surface area contributed by atoms with Gasteiger partial charge in [-0.05, 0) is 25.2 Å². The van der Waals surface area contributed by atoms with Crippen LogP contribution in [0.3, 0.4) is 0 Å². The highest BCUT2D eigenvalue weighted by Crippen LogP contribution is 2.21. The van der Waals surface area contributed by atoms with Crippen molar-refractivity contribution in [2.24, 2.45) is 16.8 Å². The molecule has 2 fully saturated rings. The van der Waals surface area contributed by atoms with Crippen molar-refractivity contribution in [2.75, 3.05) is 52.9 Å². The number of likely N-dealkylation sites (tertiary alicyclic amines) is 1. The number of hydrogen-bond acceptors (Lipinski definition) is 5. The molecule has 1 aromatic heterocycles. The van der Waals surface area contributed by atoms with Gasteiger partial charge in [0.15, 0.2) is 5.96 Å². The Bertz CT molecular complexity index is 672. The van der Waals surface area contributed by atoms with Crippen molar-refractivity contribution < 1.29 is 4.79 Å². The maximum Gasteiger partial charge on any atom is 0.236 e. The van der Waals surface area contributed by atoms with Crippen LogP contribution in [0.4, 0.5) is 0 Å². The highest BCUT2D eigenvalue weighted by molar-refractivity contribution is 7.11. The molecule has 1 N–H and O–H groups in total. The topological polar surface area (TPSA) is 64.1 Å². The van der Waals surface area contributed by atoms with Crippen LogP contribution >= 0.6 is 11.3 Å². The van der Waals surface area contributed by atoms with Crippen LogP contribution < -0.4 is 5.32 Å². The molecule has 2 aliphatic heterocycles. The largest absolute Gasteiger partial charge is 0.350 e. The number of aromatic nitrogens is 1. The molecule has 3 heterocycles. The van der Waals surface area contributed by atoms with E-state index in [9.17, 15) is 4.79 Å². The standard InChI is InChI=1S/C20H34N6OS/c1-15-9-16(2)13-26(12-15)19(27)14-24-5-7-25(8-6-24)20(21-4)23-11-18-22-10-17(3)28-18/h10,15-16H,5-9,11-14H2,1-4H3,(H,21,23). The summed E-state index contributed by atoms with van der Waals surface area (Å²) >= 11 is 1.71. The average Bonchev–Trinajstić information content (AvgIpc) is 3.08. The average molecular weight is 407 g/mol. The first-order chi connectivity index (χ1) is 13.4. The second-order valence-electron chi connectivity index (χ2n) is 8.27. The minimum Gasteiger partial charge on any atom is -0.350 e. The number of guanidine groups is 1. The molecule has 2 saturated heterocycles. The van der Waals surface area contributed by atoms with E-state index in [1.807, 2.05) is 13.2 Å². The zero-order chi connectivity index (χ0) is 20.1. The van der Waals surface area contributed by atoms with Crippen LogP contribution in [0.15, 0.2) is 11.2 Å². The van der Waals surface area contributed by atoms with Crippen molar-refractivity contribution in [3.05, 3.63) is 16.1 Å². The minimum absolute atomic E-state index is 0.286. The van der Waals surface area contributed by atoms with Gasteiger partial charge in [-0.15, -0.1) is 11.3 Å². The molecule has 0 bridgehead atoms. The summed E-state index contributed by atoms with van der Waals surface area (Å²) in [5.41, 5.74) is 0. The van der Waals surface area contributed by atoms with Gasteiger partial charge in [-0.2, -0.15) is 0 Å². The summed E-state index contributed by atoms with van der Waals surface area (Å²) in [6.45, 7) is 13.2. The second-order valence-corrected chi connectivity index (χ2v) is 9.59. The number of nitrogens with one attached hydrogen (secondary N) is 1. The van der Waals surface area contributed by atoms with Crippen molar-refractivity contribution in [3.8, 4) is 0 Å². The molecular weight excluding hydrogens is 372 g/mol. The van der Waals surface area contributed by atoms with E-state index in [1.54, 1.807) is 11.3 Å². The molecule has 0 spiro atoms.